The summed E-state index contributed by atoms with van der Waals surface area (Å²) in [6, 6.07) is 0. The van der Waals surface area contributed by atoms with Crippen LogP contribution in [0.5, 0.6) is 0 Å². The maximum atomic E-state index is 10.6. The quantitative estimate of drug-likeness (QED) is 0.308. The van der Waals surface area contributed by atoms with E-state index in [9.17, 15) is 5.21 Å². The van der Waals surface area contributed by atoms with Crippen LogP contribution in [0.25, 0.3) is 0 Å². The highest BCUT2D eigenvalue weighted by molar-refractivity contribution is 6.26. The van der Waals surface area contributed by atoms with Gasteiger partial charge in [-0.2, -0.15) is 0 Å². The van der Waals surface area contributed by atoms with Crippen LogP contribution >= 0.6 is 0 Å². The molecule has 3 nitrogen and oxygen atoms in total. The highest BCUT2D eigenvalue weighted by atomic mass is 16.9. The third-order valence-corrected chi connectivity index (χ3v) is 1.07. The Labute approximate surface area is 43.3 Å². The first-order valence-corrected chi connectivity index (χ1v) is 2.42. The van der Waals surface area contributed by atoms with Crippen molar-refractivity contribution in [2.75, 3.05) is 13.7 Å². The third kappa shape index (κ3) is 1.16. The van der Waals surface area contributed by atoms with Crippen molar-refractivity contribution in [1.82, 2.24) is 0 Å². The number of nitrogens with zero attached hydrogens (tertiary/aromatic N) is 1. The summed E-state index contributed by atoms with van der Waals surface area (Å²) in [5, 5.41) is 10.6. The van der Waals surface area contributed by atoms with Gasteiger partial charge in [0.1, 0.15) is 6.61 Å². The first-order valence-electron chi connectivity index (χ1n) is 2.42. The van der Waals surface area contributed by atoms with Crippen molar-refractivity contribution in [1.29, 1.82) is 0 Å². The average molecular weight is 101 g/mol. The zero-order chi connectivity index (χ0) is 5.33. The predicted molar refractivity (Wildman–Crippen MR) is 27.5 cm³/mol. The monoisotopic (exact) mass is 101 g/mol. The Balaban J connectivity index is 2.40. The Morgan fingerprint density at radius 3 is 2.71 bits per heavy atom. The minimum Gasteiger partial charge on any atom is -0.621 e. The number of hydrogen-bond acceptors (Lipinski definition) is 2. The fraction of sp³-hybridized carbons (Fsp3) is 1.00. The van der Waals surface area contributed by atoms with Crippen molar-refractivity contribution in [3.05, 3.63) is 5.21 Å². The Morgan fingerprint density at radius 1 is 1.86 bits per heavy atom. The van der Waals surface area contributed by atoms with Crippen LogP contribution in [0.4, 0.5) is 0 Å². The molecule has 40 valence electrons. The fourth-order valence-corrected chi connectivity index (χ4v) is 0.674. The average Bonchev–Trinajstić information content (AvgIpc) is 1.84. The smallest absolute Gasteiger partial charge is 0.425 e. The minimum absolute atomic E-state index is 0.500. The molecule has 4 heteroatoms. The molecule has 7 heavy (non-hydrogen) atoms. The van der Waals surface area contributed by atoms with E-state index in [0.717, 1.165) is 6.32 Å². The van der Waals surface area contributed by atoms with Gasteiger partial charge in [-0.15, -0.1) is 0 Å². The lowest BCUT2D eigenvalue weighted by Gasteiger charge is -2.29. The molecule has 0 saturated carbocycles. The van der Waals surface area contributed by atoms with Gasteiger partial charge in [0, 0.05) is 6.32 Å². The van der Waals surface area contributed by atoms with Gasteiger partial charge in [-0.25, -0.2) is 4.84 Å². The van der Waals surface area contributed by atoms with E-state index in [2.05, 4.69) is 0 Å². The summed E-state index contributed by atoms with van der Waals surface area (Å²) in [6.45, 7) is 0.625. The van der Waals surface area contributed by atoms with Crippen molar-refractivity contribution in [2.24, 2.45) is 0 Å². The summed E-state index contributed by atoms with van der Waals surface area (Å²) in [4.78, 5) is 4.72. The molecule has 0 bridgehead atoms. The first kappa shape index (κ1) is 5.09. The van der Waals surface area contributed by atoms with E-state index in [0.29, 0.717) is 14.0 Å². The zero-order valence-corrected chi connectivity index (χ0v) is 4.39. The molecule has 0 aromatic carbocycles. The van der Waals surface area contributed by atoms with Crippen LogP contribution in [-0.4, -0.2) is 25.8 Å². The molecule has 0 spiro atoms. The maximum absolute atomic E-state index is 10.6. The van der Waals surface area contributed by atoms with Gasteiger partial charge in [0.05, 0.1) is 7.05 Å². The molecular weight excluding hydrogens is 92.8 g/mol. The summed E-state index contributed by atoms with van der Waals surface area (Å²) in [5.41, 5.74) is 0. The van der Waals surface area contributed by atoms with Gasteiger partial charge in [-0.3, -0.25) is 4.72 Å². The van der Waals surface area contributed by atoms with E-state index < -0.39 is 4.72 Å². The van der Waals surface area contributed by atoms with Crippen LogP contribution in [0.1, 0.15) is 0 Å². The second kappa shape index (κ2) is 1.47. The second-order valence-electron chi connectivity index (χ2n) is 1.92. The number of hydroxylamine groups is 2. The molecule has 1 heterocycles. The van der Waals surface area contributed by atoms with E-state index in [4.69, 9.17) is 4.84 Å². The Morgan fingerprint density at radius 2 is 2.57 bits per heavy atom. The van der Waals surface area contributed by atoms with Crippen LogP contribution in [-0.2, 0) is 4.84 Å². The fourth-order valence-electron chi connectivity index (χ4n) is 0.674. The van der Waals surface area contributed by atoms with Gasteiger partial charge in [0.25, 0.3) is 0 Å². The van der Waals surface area contributed by atoms with Gasteiger partial charge in [0.2, 0.25) is 0 Å². The van der Waals surface area contributed by atoms with Crippen molar-refractivity contribution in [3.63, 3.8) is 0 Å². The normalized spacial score (nSPS) is 40.9. The van der Waals surface area contributed by atoms with Crippen LogP contribution in [0.2, 0.25) is 6.32 Å². The predicted octanol–water partition coefficient (Wildman–Crippen LogP) is -0.354. The molecule has 0 aromatic heterocycles. The topological polar surface area (TPSA) is 32.3 Å². The molecule has 1 fully saturated rings. The molecular formula is C3H8BNO2. The molecule has 0 radical (unpaired) electrons. The number of quaternary nitrogens is 1. The van der Waals surface area contributed by atoms with E-state index in [1.807, 2.05) is 0 Å². The molecule has 1 unspecified atom stereocenters. The highest BCUT2D eigenvalue weighted by Gasteiger charge is 2.22. The summed E-state index contributed by atoms with van der Waals surface area (Å²) < 4.78 is -0.500. The van der Waals surface area contributed by atoms with Crippen molar-refractivity contribution < 1.29 is 9.56 Å². The molecule has 0 aliphatic carbocycles. The van der Waals surface area contributed by atoms with Crippen molar-refractivity contribution >= 4 is 7.41 Å². The SMILES string of the molecule is C[N+]1([O-])BCCO1. The van der Waals surface area contributed by atoms with Crippen LogP contribution < -0.4 is 0 Å². The number of rotatable bonds is 0. The van der Waals surface area contributed by atoms with Crippen LogP contribution in [0.3, 0.4) is 0 Å². The second-order valence-corrected chi connectivity index (χ2v) is 1.92. The van der Waals surface area contributed by atoms with Gasteiger partial charge < -0.3 is 5.21 Å². The lowest BCUT2D eigenvalue weighted by Crippen LogP contribution is -2.34. The molecule has 0 N–H and O–H groups in total. The molecule has 1 aliphatic rings. The van der Waals surface area contributed by atoms with E-state index in [1.165, 1.54) is 7.05 Å². The summed E-state index contributed by atoms with van der Waals surface area (Å²) >= 11 is 0. The first-order chi connectivity index (χ1) is 3.21. The molecule has 1 rings (SSSR count). The van der Waals surface area contributed by atoms with Crippen molar-refractivity contribution in [3.8, 4) is 0 Å². The van der Waals surface area contributed by atoms with E-state index >= 15 is 0 Å². The third-order valence-electron chi connectivity index (χ3n) is 1.07. The van der Waals surface area contributed by atoms with Gasteiger partial charge >= 0.3 is 7.41 Å². The van der Waals surface area contributed by atoms with Gasteiger partial charge in [-0.1, -0.05) is 0 Å². The lowest BCUT2D eigenvalue weighted by atomic mass is 9.91. The Bertz CT molecular complexity index is 67.3. The summed E-state index contributed by atoms with van der Waals surface area (Å²) in [6.07, 6.45) is 0.903. The van der Waals surface area contributed by atoms with Crippen molar-refractivity contribution in [2.45, 2.75) is 6.32 Å². The van der Waals surface area contributed by atoms with Gasteiger partial charge in [0.15, 0.2) is 0 Å². The van der Waals surface area contributed by atoms with Gasteiger partial charge in [-0.05, 0) is 0 Å². The molecule has 1 aliphatic heterocycles. The molecule has 1 atom stereocenters. The van der Waals surface area contributed by atoms with E-state index in [1.54, 1.807) is 0 Å². The van der Waals surface area contributed by atoms with Crippen LogP contribution in [0.15, 0.2) is 0 Å². The van der Waals surface area contributed by atoms with E-state index in [-0.39, 0.29) is 0 Å². The minimum atomic E-state index is -0.500. The summed E-state index contributed by atoms with van der Waals surface area (Å²) in [7, 11) is 2.13. The lowest BCUT2D eigenvalue weighted by molar-refractivity contribution is -0.954. The number of hydrogen-bond donors (Lipinski definition) is 0. The maximum Gasteiger partial charge on any atom is 0.425 e. The molecule has 0 amide bonds. The zero-order valence-electron chi connectivity index (χ0n) is 4.39. The Hall–Kier alpha value is -0.0551. The Kier molecular flexibility index (Phi) is 1.07. The largest absolute Gasteiger partial charge is 0.621 e. The van der Waals surface area contributed by atoms with Crippen LogP contribution in [0, 0.1) is 5.21 Å². The summed E-state index contributed by atoms with van der Waals surface area (Å²) in [5.74, 6) is 0. The molecule has 1 saturated heterocycles. The highest BCUT2D eigenvalue weighted by Crippen LogP contribution is 2.08. The molecule has 0 aromatic rings. The standard InChI is InChI=1S/C3H8BNO2/c1-5(6)4-2-3-7-5/h4H,2-3H2,1H3.